The highest BCUT2D eigenvalue weighted by atomic mass is 16.2. The molecule has 2 N–H and O–H groups in total. The number of nitrogens with zero attached hydrogens (tertiary/aromatic N) is 3. The Bertz CT molecular complexity index is 1130. The van der Waals surface area contributed by atoms with E-state index >= 15 is 0 Å². The second-order valence-corrected chi connectivity index (χ2v) is 5.70. The number of pyridine rings is 2. The van der Waals surface area contributed by atoms with Gasteiger partial charge >= 0.3 is 0 Å². The molecule has 0 fully saturated rings. The van der Waals surface area contributed by atoms with Crippen molar-refractivity contribution in [2.24, 2.45) is 0 Å². The zero-order chi connectivity index (χ0) is 18.1. The third-order valence-electron chi connectivity index (χ3n) is 4.16. The van der Waals surface area contributed by atoms with Gasteiger partial charge in [0.15, 0.2) is 0 Å². The van der Waals surface area contributed by atoms with Crippen molar-refractivity contribution in [3.8, 4) is 11.1 Å². The Kier molecular flexibility index (Phi) is 3.78. The van der Waals surface area contributed by atoms with Crippen LogP contribution in [0.15, 0.2) is 82.8 Å². The van der Waals surface area contributed by atoms with Gasteiger partial charge in [0.1, 0.15) is 17.2 Å². The van der Waals surface area contributed by atoms with Crippen molar-refractivity contribution in [2.75, 3.05) is 10.6 Å². The molecule has 0 amide bonds. The largest absolute Gasteiger partial charge is 0.394 e. The van der Waals surface area contributed by atoms with Gasteiger partial charge < -0.3 is 5.73 Å². The molecule has 6 heteroatoms. The van der Waals surface area contributed by atoms with Crippen LogP contribution in [0.2, 0.25) is 0 Å². The molecule has 0 saturated carbocycles. The molecule has 0 unspecified atom stereocenters. The molecule has 26 heavy (non-hydrogen) atoms. The summed E-state index contributed by atoms with van der Waals surface area (Å²) in [5.41, 5.74) is 7.17. The van der Waals surface area contributed by atoms with Gasteiger partial charge in [0.2, 0.25) is 0 Å². The zero-order valence-corrected chi connectivity index (χ0v) is 13.7. The number of anilines is 4. The molecule has 0 aliphatic heterocycles. The summed E-state index contributed by atoms with van der Waals surface area (Å²) in [5, 5.41) is 0. The Morgan fingerprint density at radius 1 is 0.808 bits per heavy atom. The highest BCUT2D eigenvalue weighted by Crippen LogP contribution is 2.40. The summed E-state index contributed by atoms with van der Waals surface area (Å²) in [6.45, 7) is 0. The Morgan fingerprint density at radius 3 is 2.23 bits per heavy atom. The first-order valence-electron chi connectivity index (χ1n) is 7.98. The molecule has 126 valence electrons. The minimum absolute atomic E-state index is 0.0508. The number of nitrogens with two attached hydrogens (primary N) is 1. The van der Waals surface area contributed by atoms with Gasteiger partial charge in [0.05, 0.1) is 5.69 Å². The summed E-state index contributed by atoms with van der Waals surface area (Å²) in [7, 11) is 0. The smallest absolute Gasteiger partial charge is 0.254 e. The van der Waals surface area contributed by atoms with Gasteiger partial charge in [-0.05, 0) is 35.9 Å². The number of nitrogen functional groups attached to an aromatic ring is 1. The van der Waals surface area contributed by atoms with Crippen molar-refractivity contribution in [3.63, 3.8) is 0 Å². The number of hydrogen-bond donors (Lipinski definition) is 1. The van der Waals surface area contributed by atoms with Gasteiger partial charge in [-0.1, -0.05) is 24.3 Å². The molecule has 0 aliphatic rings. The van der Waals surface area contributed by atoms with Crippen molar-refractivity contribution >= 4 is 22.9 Å². The van der Waals surface area contributed by atoms with Gasteiger partial charge in [-0.25, -0.2) is 4.98 Å². The number of aromatic nitrogens is 2. The highest BCUT2D eigenvalue weighted by Gasteiger charge is 2.28. The molecule has 0 bridgehead atoms. The van der Waals surface area contributed by atoms with E-state index in [1.165, 1.54) is 0 Å². The van der Waals surface area contributed by atoms with Crippen molar-refractivity contribution < 1.29 is 0 Å². The standard InChI is InChI=1S/C20H14N4O2/c21-17-18(20(26)19(17)25)24(16-7-3-4-10-23-16)15-6-2-1-5-14(15)13-8-11-22-12-9-13/h1-12H,21H2. The minimum atomic E-state index is -0.665. The van der Waals surface area contributed by atoms with E-state index in [9.17, 15) is 9.59 Å². The molecule has 6 nitrogen and oxygen atoms in total. The molecule has 0 aliphatic carbocycles. The van der Waals surface area contributed by atoms with Gasteiger partial charge in [0, 0.05) is 24.2 Å². The number of para-hydroxylation sites is 1. The zero-order valence-electron chi connectivity index (χ0n) is 13.7. The summed E-state index contributed by atoms with van der Waals surface area (Å²) in [6.07, 6.45) is 5.02. The lowest BCUT2D eigenvalue weighted by Crippen LogP contribution is -2.39. The first-order chi connectivity index (χ1) is 12.7. The van der Waals surface area contributed by atoms with Crippen molar-refractivity contribution in [1.29, 1.82) is 0 Å². The van der Waals surface area contributed by atoms with Crippen LogP contribution in [0.1, 0.15) is 0 Å². The molecular weight excluding hydrogens is 328 g/mol. The number of benzene rings is 1. The maximum Gasteiger partial charge on any atom is 0.254 e. The van der Waals surface area contributed by atoms with Crippen LogP contribution in [0.4, 0.5) is 22.9 Å². The second kappa shape index (κ2) is 6.25. The van der Waals surface area contributed by atoms with Crippen LogP contribution < -0.4 is 21.5 Å². The molecule has 2 aromatic heterocycles. The van der Waals surface area contributed by atoms with E-state index in [0.29, 0.717) is 11.5 Å². The van der Waals surface area contributed by atoms with E-state index in [0.717, 1.165) is 11.1 Å². The Morgan fingerprint density at radius 2 is 1.54 bits per heavy atom. The maximum absolute atomic E-state index is 12.2. The fourth-order valence-corrected chi connectivity index (χ4v) is 2.91. The lowest BCUT2D eigenvalue weighted by molar-refractivity contribution is 1.15. The van der Waals surface area contributed by atoms with E-state index in [4.69, 9.17) is 5.73 Å². The van der Waals surface area contributed by atoms with Crippen LogP contribution in [0, 0.1) is 0 Å². The normalized spacial score (nSPS) is 10.8. The topological polar surface area (TPSA) is 89.2 Å². The van der Waals surface area contributed by atoms with E-state index in [1.807, 2.05) is 42.5 Å². The van der Waals surface area contributed by atoms with Crippen LogP contribution in [-0.4, -0.2) is 9.97 Å². The van der Waals surface area contributed by atoms with Gasteiger partial charge in [0.25, 0.3) is 10.9 Å². The lowest BCUT2D eigenvalue weighted by atomic mass is 10.0. The predicted molar refractivity (Wildman–Crippen MR) is 101 cm³/mol. The van der Waals surface area contributed by atoms with E-state index < -0.39 is 10.9 Å². The number of rotatable bonds is 4. The minimum Gasteiger partial charge on any atom is -0.394 e. The third kappa shape index (κ3) is 2.44. The Labute approximate surface area is 148 Å². The molecule has 0 atom stereocenters. The van der Waals surface area contributed by atoms with E-state index in [2.05, 4.69) is 9.97 Å². The van der Waals surface area contributed by atoms with Gasteiger partial charge in [-0.2, -0.15) is 0 Å². The SMILES string of the molecule is Nc1c(N(c2ccccn2)c2ccccc2-c2ccncc2)c(=O)c1=O. The van der Waals surface area contributed by atoms with Gasteiger partial charge in [-0.15, -0.1) is 0 Å². The van der Waals surface area contributed by atoms with Crippen LogP contribution in [0.5, 0.6) is 0 Å². The molecule has 0 spiro atoms. The fourth-order valence-electron chi connectivity index (χ4n) is 2.91. The Balaban J connectivity index is 1.98. The van der Waals surface area contributed by atoms with Crippen LogP contribution in [0.25, 0.3) is 11.1 Å². The molecule has 2 heterocycles. The maximum atomic E-state index is 12.2. The average molecular weight is 342 g/mol. The van der Waals surface area contributed by atoms with Crippen LogP contribution in [0.3, 0.4) is 0 Å². The highest BCUT2D eigenvalue weighted by molar-refractivity contribution is 5.91. The molecule has 2 aromatic carbocycles. The quantitative estimate of drug-likeness (QED) is 0.574. The van der Waals surface area contributed by atoms with E-state index in [-0.39, 0.29) is 11.4 Å². The second-order valence-electron chi connectivity index (χ2n) is 5.70. The summed E-state index contributed by atoms with van der Waals surface area (Å²) in [4.78, 5) is 34.0. The number of hydrogen-bond acceptors (Lipinski definition) is 6. The summed E-state index contributed by atoms with van der Waals surface area (Å²) in [5.74, 6) is 0.507. The lowest BCUT2D eigenvalue weighted by Gasteiger charge is -2.27. The fraction of sp³-hybridized carbons (Fsp3) is 0. The summed E-state index contributed by atoms with van der Waals surface area (Å²) < 4.78 is 0. The molecule has 0 saturated heterocycles. The molecular formula is C20H14N4O2. The first kappa shape index (κ1) is 15.7. The molecule has 0 radical (unpaired) electrons. The Hall–Kier alpha value is -3.80. The van der Waals surface area contributed by atoms with Crippen LogP contribution >= 0.6 is 0 Å². The van der Waals surface area contributed by atoms with Crippen molar-refractivity contribution in [2.45, 2.75) is 0 Å². The third-order valence-corrected chi connectivity index (χ3v) is 4.16. The predicted octanol–water partition coefficient (Wildman–Crippen LogP) is 2.79. The van der Waals surface area contributed by atoms with Crippen molar-refractivity contribution in [1.82, 2.24) is 9.97 Å². The average Bonchev–Trinajstić information content (AvgIpc) is 2.72. The van der Waals surface area contributed by atoms with Crippen molar-refractivity contribution in [3.05, 3.63) is 93.6 Å². The summed E-state index contributed by atoms with van der Waals surface area (Å²) >= 11 is 0. The molecule has 4 rings (SSSR count). The first-order valence-corrected chi connectivity index (χ1v) is 7.98. The molecule has 4 aromatic rings. The monoisotopic (exact) mass is 342 g/mol. The van der Waals surface area contributed by atoms with Gasteiger partial charge in [-0.3, -0.25) is 19.5 Å². The van der Waals surface area contributed by atoms with Crippen LogP contribution in [-0.2, 0) is 0 Å². The summed E-state index contributed by atoms with van der Waals surface area (Å²) in [6, 6.07) is 16.7. The van der Waals surface area contributed by atoms with E-state index in [1.54, 1.807) is 35.6 Å².